The van der Waals surface area contributed by atoms with Crippen LogP contribution in [-0.2, 0) is 10.3 Å². The zero-order valence-corrected chi connectivity index (χ0v) is 19.1. The summed E-state index contributed by atoms with van der Waals surface area (Å²) in [5.41, 5.74) is 4.91. The minimum atomic E-state index is -1.33. The third kappa shape index (κ3) is 2.65. The number of ether oxygens (including phenoxy) is 1. The average molecular weight is 466 g/mol. The maximum absolute atomic E-state index is 13.7. The largest absolute Gasteiger partial charge is 0.507 e. The van der Waals surface area contributed by atoms with E-state index in [0.29, 0.717) is 23.4 Å². The number of allylic oxidation sites excluding steroid dienone is 2. The third-order valence-electron chi connectivity index (χ3n) is 7.17. The van der Waals surface area contributed by atoms with Crippen molar-refractivity contribution in [3.63, 3.8) is 0 Å². The summed E-state index contributed by atoms with van der Waals surface area (Å²) in [5, 5.41) is 25.7. The van der Waals surface area contributed by atoms with Crippen LogP contribution >= 0.6 is 0 Å². The van der Waals surface area contributed by atoms with Crippen LogP contribution in [0.1, 0.15) is 57.7 Å². The van der Waals surface area contributed by atoms with Gasteiger partial charge in [0.2, 0.25) is 0 Å². The van der Waals surface area contributed by atoms with E-state index in [9.17, 15) is 19.8 Å². The van der Waals surface area contributed by atoms with Gasteiger partial charge in [-0.05, 0) is 48.8 Å². The molecular weight excluding hydrogens is 444 g/mol. The number of aromatic hydroxyl groups is 1. The minimum Gasteiger partial charge on any atom is -0.507 e. The van der Waals surface area contributed by atoms with E-state index in [0.717, 1.165) is 0 Å². The van der Waals surface area contributed by atoms with Crippen molar-refractivity contribution in [1.29, 1.82) is 0 Å². The Kier molecular flexibility index (Phi) is 4.29. The number of nitrogens with two attached hydrogens (primary N) is 1. The van der Waals surface area contributed by atoms with E-state index in [1.165, 1.54) is 18.2 Å². The summed E-state index contributed by atoms with van der Waals surface area (Å²) in [6.07, 6.45) is 2.44. The number of ketones is 2. The zero-order chi connectivity index (χ0) is 24.7. The monoisotopic (exact) mass is 466 g/mol. The SMILES string of the molecule is CC(C)C[C@@]12O[C@]13c1cc(O)c4c(c1N[C@H]2C#C/C=C\C#C[C@H]3O)C(=O)c1ccc(N)cc1C4=O. The second kappa shape index (κ2) is 6.99. The van der Waals surface area contributed by atoms with Crippen LogP contribution < -0.4 is 11.1 Å². The summed E-state index contributed by atoms with van der Waals surface area (Å²) in [7, 11) is 0. The Morgan fingerprint density at radius 3 is 2.54 bits per heavy atom. The number of phenolic OH excluding ortho intramolecular Hbond substituents is 1. The molecule has 1 saturated heterocycles. The van der Waals surface area contributed by atoms with E-state index >= 15 is 0 Å². The number of fused-ring (bicyclic) bond motifs is 4. The van der Waals surface area contributed by atoms with E-state index in [2.05, 4.69) is 29.0 Å². The second-order valence-electron chi connectivity index (χ2n) is 9.75. The van der Waals surface area contributed by atoms with Gasteiger partial charge in [-0.15, -0.1) is 0 Å². The molecule has 1 fully saturated rings. The van der Waals surface area contributed by atoms with Crippen LogP contribution in [0.5, 0.6) is 5.75 Å². The number of carbonyl (C=O) groups excluding carboxylic acids is 2. The molecule has 7 heteroatoms. The molecule has 0 saturated carbocycles. The molecule has 2 aliphatic carbocycles. The summed E-state index contributed by atoms with van der Waals surface area (Å²) in [6, 6.07) is 5.32. The number of benzene rings is 2. The van der Waals surface area contributed by atoms with Crippen LogP contribution in [0.2, 0.25) is 0 Å². The van der Waals surface area contributed by atoms with Gasteiger partial charge in [0.1, 0.15) is 17.4 Å². The first-order chi connectivity index (χ1) is 16.7. The van der Waals surface area contributed by atoms with Gasteiger partial charge in [-0.25, -0.2) is 0 Å². The highest BCUT2D eigenvalue weighted by molar-refractivity contribution is 6.31. The molecule has 35 heavy (non-hydrogen) atoms. The van der Waals surface area contributed by atoms with E-state index in [4.69, 9.17) is 10.5 Å². The Hall–Kier alpha value is -4.04. The number of carbonyl (C=O) groups is 2. The number of nitrogens with one attached hydrogen (secondary N) is 1. The Morgan fingerprint density at radius 2 is 1.80 bits per heavy atom. The Labute approximate surface area is 202 Å². The number of nitrogen functional groups attached to an aromatic ring is 1. The molecule has 7 nitrogen and oxygen atoms in total. The van der Waals surface area contributed by atoms with Crippen LogP contribution in [0.4, 0.5) is 11.4 Å². The van der Waals surface area contributed by atoms with Gasteiger partial charge >= 0.3 is 0 Å². The van der Waals surface area contributed by atoms with Gasteiger partial charge in [0, 0.05) is 22.4 Å². The molecule has 0 unspecified atom stereocenters. The molecule has 6 rings (SSSR count). The molecule has 2 heterocycles. The fourth-order valence-corrected chi connectivity index (χ4v) is 5.81. The molecule has 2 aliphatic heterocycles. The summed E-state index contributed by atoms with van der Waals surface area (Å²) in [4.78, 5) is 27.1. The second-order valence-corrected chi connectivity index (χ2v) is 9.75. The highest BCUT2D eigenvalue weighted by Crippen LogP contribution is 2.67. The van der Waals surface area contributed by atoms with Gasteiger partial charge in [0.05, 0.1) is 16.8 Å². The predicted molar refractivity (Wildman–Crippen MR) is 129 cm³/mol. The Morgan fingerprint density at radius 1 is 1.09 bits per heavy atom. The maximum atomic E-state index is 13.7. The summed E-state index contributed by atoms with van der Waals surface area (Å²) in [5.74, 6) is 10.6. The smallest absolute Gasteiger partial charge is 0.198 e. The molecule has 5 N–H and O–H groups in total. The minimum absolute atomic E-state index is 0.0369. The number of aliphatic hydroxyl groups is 1. The average Bonchev–Trinajstić information content (AvgIpc) is 3.49. The molecule has 0 spiro atoms. The number of rotatable bonds is 2. The van der Waals surface area contributed by atoms with Crippen LogP contribution in [0.25, 0.3) is 0 Å². The summed E-state index contributed by atoms with van der Waals surface area (Å²) < 4.78 is 6.42. The first-order valence-corrected chi connectivity index (χ1v) is 11.4. The van der Waals surface area contributed by atoms with Gasteiger partial charge in [-0.3, -0.25) is 9.59 Å². The van der Waals surface area contributed by atoms with Gasteiger partial charge < -0.3 is 26.0 Å². The fraction of sp³-hybridized carbons (Fsp3) is 0.286. The lowest BCUT2D eigenvalue weighted by Gasteiger charge is -2.37. The molecule has 2 bridgehead atoms. The van der Waals surface area contributed by atoms with Crippen molar-refractivity contribution in [2.24, 2.45) is 5.92 Å². The fourth-order valence-electron chi connectivity index (χ4n) is 5.81. The Balaban J connectivity index is 1.66. The van der Waals surface area contributed by atoms with Crippen molar-refractivity contribution >= 4 is 22.9 Å². The number of hydrogen-bond acceptors (Lipinski definition) is 7. The van der Waals surface area contributed by atoms with Crippen molar-refractivity contribution in [2.45, 2.75) is 43.6 Å². The van der Waals surface area contributed by atoms with E-state index in [1.54, 1.807) is 18.2 Å². The standard InChI is InChI=1S/C28H22N2O5/c1-14(2)13-27-20-7-5-3-4-6-8-21(32)28(27,35-27)18-12-19(31)22-23(24(18)30-20)25(33)16-10-9-15(29)11-17(16)26(22)34/h3-4,9-12,14,20-21,30-32H,13,29H2,1-2H3/b4-3-/t20-,21+,27-,28-/m0/s1. The van der Waals surface area contributed by atoms with Crippen molar-refractivity contribution in [2.75, 3.05) is 11.1 Å². The van der Waals surface area contributed by atoms with Crippen LogP contribution in [0.15, 0.2) is 36.4 Å². The first-order valence-electron chi connectivity index (χ1n) is 11.4. The number of anilines is 2. The lowest BCUT2D eigenvalue weighted by Crippen LogP contribution is -2.50. The lowest BCUT2D eigenvalue weighted by molar-refractivity contribution is 0.0975. The molecule has 0 aromatic heterocycles. The molecule has 2 aromatic rings. The predicted octanol–water partition coefficient (Wildman–Crippen LogP) is 2.49. The van der Waals surface area contributed by atoms with E-state index < -0.39 is 34.9 Å². The van der Waals surface area contributed by atoms with Crippen molar-refractivity contribution in [3.05, 3.63) is 64.2 Å². The molecule has 0 amide bonds. The van der Waals surface area contributed by atoms with Crippen LogP contribution in [-0.4, -0.2) is 39.5 Å². The highest BCUT2D eigenvalue weighted by atomic mass is 16.6. The van der Waals surface area contributed by atoms with Crippen LogP contribution in [0, 0.1) is 29.6 Å². The number of phenols is 1. The Bertz CT molecular complexity index is 1520. The summed E-state index contributed by atoms with van der Waals surface area (Å²) >= 11 is 0. The third-order valence-corrected chi connectivity index (χ3v) is 7.17. The highest BCUT2D eigenvalue weighted by Gasteiger charge is 2.79. The zero-order valence-electron chi connectivity index (χ0n) is 19.1. The first kappa shape index (κ1) is 21.5. The number of aliphatic hydroxyl groups excluding tert-OH is 1. The van der Waals surface area contributed by atoms with Gasteiger partial charge in [-0.1, -0.05) is 37.5 Å². The number of epoxide rings is 1. The maximum Gasteiger partial charge on any atom is 0.198 e. The molecule has 2 aromatic carbocycles. The molecular formula is C28H22N2O5. The topological polar surface area (TPSA) is 125 Å². The molecule has 4 atom stereocenters. The number of hydrogen-bond donors (Lipinski definition) is 4. The van der Waals surface area contributed by atoms with E-state index in [-0.39, 0.29) is 33.9 Å². The van der Waals surface area contributed by atoms with Gasteiger partial charge in [0.15, 0.2) is 23.3 Å². The molecule has 0 radical (unpaired) electrons. The van der Waals surface area contributed by atoms with E-state index in [1.807, 2.05) is 13.8 Å². The van der Waals surface area contributed by atoms with Crippen molar-refractivity contribution < 1.29 is 24.5 Å². The molecule has 4 aliphatic rings. The molecule has 174 valence electrons. The van der Waals surface area contributed by atoms with Gasteiger partial charge in [-0.2, -0.15) is 0 Å². The lowest BCUT2D eigenvalue weighted by atomic mass is 9.69. The normalized spacial score (nSPS) is 29.7. The van der Waals surface area contributed by atoms with Gasteiger partial charge in [0.25, 0.3) is 0 Å². The van der Waals surface area contributed by atoms with Crippen molar-refractivity contribution in [3.8, 4) is 29.4 Å². The van der Waals surface area contributed by atoms with Crippen molar-refractivity contribution in [1.82, 2.24) is 0 Å². The summed E-state index contributed by atoms with van der Waals surface area (Å²) in [6.45, 7) is 4.08. The quantitative estimate of drug-likeness (QED) is 0.198. The van der Waals surface area contributed by atoms with Crippen LogP contribution in [0.3, 0.4) is 0 Å².